The van der Waals surface area contributed by atoms with Crippen molar-refractivity contribution in [3.63, 3.8) is 0 Å². The van der Waals surface area contributed by atoms with Gasteiger partial charge in [-0.05, 0) is 170 Å². The third kappa shape index (κ3) is 14.2. The van der Waals surface area contributed by atoms with Crippen molar-refractivity contribution in [3.8, 4) is 0 Å². The number of aliphatic hydroxyl groups excluding tert-OH is 3. The predicted molar refractivity (Wildman–Crippen MR) is 395 cm³/mol. The molecule has 0 spiro atoms. The fourth-order valence-electron chi connectivity index (χ4n) is 17.3. The number of fused-ring (bicyclic) bond motifs is 9. The number of methoxy groups -OCH3 is 3. The quantitative estimate of drug-likeness (QED) is 0.0619. The molecule has 6 aliphatic rings. The van der Waals surface area contributed by atoms with Gasteiger partial charge >= 0.3 is 36.2 Å². The Hall–Kier alpha value is -10.2. The molecular weight excluding hydrogens is 1340 g/mol. The molecule has 0 radical (unpaired) electrons. The van der Waals surface area contributed by atoms with E-state index < -0.39 is 72.3 Å². The monoisotopic (exact) mass is 1430 g/mol. The van der Waals surface area contributed by atoms with Crippen molar-refractivity contribution in [2.45, 2.75) is 191 Å². The van der Waals surface area contributed by atoms with Crippen LogP contribution in [-0.2, 0) is 47.9 Å². The van der Waals surface area contributed by atoms with E-state index in [4.69, 9.17) is 29.2 Å². The molecule has 3 unspecified atom stereocenters. The van der Waals surface area contributed by atoms with Crippen LogP contribution in [0.2, 0.25) is 0 Å². The number of benzene rings is 6. The van der Waals surface area contributed by atoms with Crippen LogP contribution in [0.25, 0.3) is 33.1 Å². The van der Waals surface area contributed by atoms with Gasteiger partial charge in [0.1, 0.15) is 35.8 Å². The van der Waals surface area contributed by atoms with Crippen LogP contribution in [0.3, 0.4) is 0 Å². The van der Waals surface area contributed by atoms with Crippen molar-refractivity contribution in [1.82, 2.24) is 28.7 Å². The molecule has 3 aliphatic carbocycles. The van der Waals surface area contributed by atoms with Gasteiger partial charge in [-0.3, -0.25) is 29.1 Å². The molecule has 3 saturated carbocycles. The summed E-state index contributed by atoms with van der Waals surface area (Å²) in [6, 6.07) is 39.5. The highest BCUT2D eigenvalue weighted by molar-refractivity contribution is 5.98. The smallest absolute Gasteiger partial charge is 0.414 e. The Labute approximate surface area is 608 Å². The Morgan fingerprint density at radius 2 is 0.629 bits per heavy atom. The van der Waals surface area contributed by atoms with Crippen LogP contribution in [0.1, 0.15) is 204 Å². The van der Waals surface area contributed by atoms with Crippen LogP contribution in [0, 0.1) is 17.8 Å². The molecule has 24 heteroatoms. The minimum atomic E-state index is -0.955. The van der Waals surface area contributed by atoms with Gasteiger partial charge in [0.15, 0.2) is 0 Å². The van der Waals surface area contributed by atoms with E-state index in [-0.39, 0.29) is 36.3 Å². The molecule has 9 aromatic rings. The van der Waals surface area contributed by atoms with Gasteiger partial charge in [-0.2, -0.15) is 0 Å². The third-order valence-corrected chi connectivity index (χ3v) is 22.7. The molecule has 15 rings (SSSR count). The molecule has 6 N–H and O–H groups in total. The van der Waals surface area contributed by atoms with Crippen molar-refractivity contribution in [1.29, 1.82) is 0 Å². The van der Waals surface area contributed by atoms with Gasteiger partial charge in [0.25, 0.3) is 0 Å². The summed E-state index contributed by atoms with van der Waals surface area (Å²) in [5.74, 6) is -2.03. The van der Waals surface area contributed by atoms with E-state index in [1.54, 1.807) is 14.7 Å². The highest BCUT2D eigenvalue weighted by Crippen LogP contribution is 2.47. The molecule has 6 heterocycles. The van der Waals surface area contributed by atoms with E-state index in [2.05, 4.69) is 13.7 Å². The van der Waals surface area contributed by atoms with Crippen molar-refractivity contribution >= 4 is 86.3 Å². The molecule has 3 fully saturated rings. The predicted octanol–water partition coefficient (Wildman–Crippen LogP) is 14.5. The fourth-order valence-corrected chi connectivity index (χ4v) is 17.3. The van der Waals surface area contributed by atoms with E-state index in [1.165, 1.54) is 21.3 Å². The van der Waals surface area contributed by atoms with Crippen LogP contribution < -0.4 is 14.7 Å². The Kier molecular flexibility index (Phi) is 21.8. The normalized spacial score (nSPS) is 23.1. The number of aryl methyl sites for hydroxylation is 3. The Bertz CT molecular complexity index is 4230. The lowest BCUT2D eigenvalue weighted by Gasteiger charge is -2.34. The highest BCUT2D eigenvalue weighted by atomic mass is 16.6. The number of imidazole rings is 3. The first-order valence-electron chi connectivity index (χ1n) is 36.8. The number of carboxylic acid groups (broad SMARTS) is 3. The number of aliphatic hydroxyl groups is 3. The minimum Gasteiger partial charge on any atom is -0.481 e. The molecule has 6 aromatic carbocycles. The number of aliphatic carboxylic acids is 3. The number of carbonyl (C=O) groups is 6. The summed E-state index contributed by atoms with van der Waals surface area (Å²) in [6.07, 6.45) is 8.87. The molecule has 105 heavy (non-hydrogen) atoms. The number of carbonyl (C=O) groups excluding carboxylic acids is 3. The van der Waals surface area contributed by atoms with Crippen LogP contribution >= 0.6 is 0 Å². The summed E-state index contributed by atoms with van der Waals surface area (Å²) in [4.78, 5) is 93.1. The van der Waals surface area contributed by atoms with E-state index >= 15 is 0 Å². The summed E-state index contributed by atoms with van der Waals surface area (Å²) in [5, 5.41) is 63.3. The lowest BCUT2D eigenvalue weighted by Crippen LogP contribution is -2.42. The second kappa shape index (κ2) is 31.3. The van der Waals surface area contributed by atoms with E-state index in [0.29, 0.717) is 56.0 Å². The van der Waals surface area contributed by atoms with Gasteiger partial charge < -0.3 is 58.6 Å². The standard InChI is InChI=1S/3C27H31N3O5/c3*1-16-11-12-20-21(29(16)27(34)35-2)13-14-22-23(20)28-25(24(31)17-7-4-3-5-8-17)30(22)19-10-6-9-18(15-19)26(32)33/h3*3-5,7-8,13-14,16,18-19,24,31H,6,9-12,15H2,1-2H3,(H,32,33)/t16-,18+,19?,24-;16-,18-,19?,24+;16-,18-,19?,24-/m011/s1. The van der Waals surface area contributed by atoms with Crippen molar-refractivity contribution in [2.75, 3.05) is 36.0 Å². The summed E-state index contributed by atoms with van der Waals surface area (Å²) >= 11 is 0. The second-order valence-corrected chi connectivity index (χ2v) is 29.0. The Morgan fingerprint density at radius 3 is 0.867 bits per heavy atom. The van der Waals surface area contributed by atoms with Crippen LogP contribution in [-0.4, -0.2) is 135 Å². The zero-order chi connectivity index (χ0) is 74.1. The topological polar surface area (TPSA) is 315 Å². The van der Waals surface area contributed by atoms with Crippen molar-refractivity contribution in [3.05, 3.63) is 178 Å². The fraction of sp³-hybridized carbons (Fsp3) is 0.444. The maximum absolute atomic E-state index is 12.6. The molecule has 552 valence electrons. The number of carboxylic acids is 3. The van der Waals surface area contributed by atoms with Crippen LogP contribution in [0.4, 0.5) is 31.4 Å². The average Bonchev–Trinajstić information content (AvgIpc) is 1.62. The van der Waals surface area contributed by atoms with Gasteiger partial charge in [0, 0.05) is 52.9 Å². The van der Waals surface area contributed by atoms with Crippen molar-refractivity contribution < 1.29 is 73.6 Å². The summed E-state index contributed by atoms with van der Waals surface area (Å²) in [6.45, 7) is 6.00. The van der Waals surface area contributed by atoms with Gasteiger partial charge in [-0.15, -0.1) is 0 Å². The third-order valence-electron chi connectivity index (χ3n) is 22.7. The molecular formula is C81H93N9O15. The molecule has 24 nitrogen and oxygen atoms in total. The largest absolute Gasteiger partial charge is 0.481 e. The van der Waals surface area contributed by atoms with Gasteiger partial charge in [0.2, 0.25) is 0 Å². The molecule has 3 aromatic heterocycles. The van der Waals surface area contributed by atoms with E-state index in [1.807, 2.05) is 148 Å². The van der Waals surface area contributed by atoms with E-state index in [0.717, 1.165) is 161 Å². The number of aromatic nitrogens is 6. The van der Waals surface area contributed by atoms with E-state index in [9.17, 15) is 59.4 Å². The first-order valence-corrected chi connectivity index (χ1v) is 36.8. The minimum absolute atomic E-state index is 0.00136. The maximum atomic E-state index is 12.6. The molecule has 12 atom stereocenters. The van der Waals surface area contributed by atoms with Gasteiger partial charge in [0.05, 0.1) is 89.2 Å². The zero-order valence-corrected chi connectivity index (χ0v) is 60.2. The maximum Gasteiger partial charge on any atom is 0.414 e. The highest BCUT2D eigenvalue weighted by Gasteiger charge is 2.41. The Morgan fingerprint density at radius 1 is 0.371 bits per heavy atom. The van der Waals surface area contributed by atoms with Gasteiger partial charge in [-0.25, -0.2) is 29.3 Å². The number of anilines is 3. The van der Waals surface area contributed by atoms with Crippen LogP contribution in [0.15, 0.2) is 127 Å². The number of ether oxygens (including phenoxy) is 3. The number of rotatable bonds is 12. The summed E-state index contributed by atoms with van der Waals surface area (Å²) < 4.78 is 21.3. The van der Waals surface area contributed by atoms with Crippen LogP contribution in [0.5, 0.6) is 0 Å². The lowest BCUT2D eigenvalue weighted by atomic mass is 9.85. The number of amides is 3. The SMILES string of the molecule is COC(=O)N1c2ccc3c(nc([C@@H](O)c4ccccc4)n3C3CCC[C@@H](C(=O)O)C3)c2CC[C@@H]1C.COC(=O)N1c2ccc3c(nc([C@@H](O)c4ccccc4)n3C3CCC[C@@H](C(=O)O)C3)c2CC[C@H]1C.COC(=O)N1c2ccc3c(nc([C@H](O)c4ccccc4)n3C3CCC[C@@H](C(=O)O)C3)c2CC[C@H]1C. The molecule has 3 amide bonds. The molecule has 3 aliphatic heterocycles. The van der Waals surface area contributed by atoms with Crippen molar-refractivity contribution in [2.24, 2.45) is 17.8 Å². The first-order chi connectivity index (χ1) is 50.7. The molecule has 0 saturated heterocycles. The molecule has 0 bridgehead atoms. The summed E-state index contributed by atoms with van der Waals surface area (Å²) in [7, 11) is 4.15. The number of nitrogens with zero attached hydrogens (tertiary/aromatic N) is 9. The Balaban J connectivity index is 0.000000140. The zero-order valence-electron chi connectivity index (χ0n) is 60.2. The lowest BCUT2D eigenvalue weighted by molar-refractivity contribution is -0.144. The average molecular weight is 1430 g/mol. The first kappa shape index (κ1) is 73.2. The van der Waals surface area contributed by atoms with Gasteiger partial charge in [-0.1, -0.05) is 110 Å². The number of hydrogen-bond donors (Lipinski definition) is 6. The number of hydrogen-bond acceptors (Lipinski definition) is 15. The summed E-state index contributed by atoms with van der Waals surface area (Å²) in [5.41, 5.74) is 12.3. The second-order valence-electron chi connectivity index (χ2n) is 29.0.